The minimum Gasteiger partial charge on any atom is -0.304 e. The summed E-state index contributed by atoms with van der Waals surface area (Å²) in [5.74, 6) is 0. The van der Waals surface area contributed by atoms with E-state index in [2.05, 4.69) is 196 Å². The smallest absolute Gasteiger partial charge is 0.0198 e. The number of benzene rings is 5. The van der Waals surface area contributed by atoms with Crippen molar-refractivity contribution < 1.29 is 20.1 Å². The quantitative estimate of drug-likeness (QED) is 0.162. The molecule has 279 valence electrons. The molecule has 0 saturated heterocycles. The zero-order chi connectivity index (χ0) is 38.2. The van der Waals surface area contributed by atoms with Gasteiger partial charge in [-0.25, -0.2) is 0 Å². The van der Waals surface area contributed by atoms with Crippen LogP contribution in [0.2, 0.25) is 0 Å². The summed E-state index contributed by atoms with van der Waals surface area (Å²) in [6, 6.07) is 46.4. The summed E-state index contributed by atoms with van der Waals surface area (Å²) in [4.78, 5) is 9.54. The average molecular weight is 895 g/mol. The van der Waals surface area contributed by atoms with Crippen molar-refractivity contribution in [1.29, 1.82) is 0 Å². The number of pyridine rings is 2. The molecule has 2 nitrogen and oxygen atoms in total. The molecule has 0 atom stereocenters. The van der Waals surface area contributed by atoms with Gasteiger partial charge in [-0.2, -0.15) is 0 Å². The molecule has 0 spiro atoms. The fourth-order valence-corrected chi connectivity index (χ4v) is 8.64. The molecule has 0 bridgehead atoms. The summed E-state index contributed by atoms with van der Waals surface area (Å²) in [6.07, 6.45) is 3.94. The molecule has 2 aromatic heterocycles. The van der Waals surface area contributed by atoms with Gasteiger partial charge < -0.3 is 9.97 Å². The Balaban J connectivity index is 0.000000191. The molecule has 9 rings (SSSR count). The van der Waals surface area contributed by atoms with Gasteiger partial charge in [0.15, 0.2) is 0 Å². The van der Waals surface area contributed by atoms with E-state index < -0.39 is 0 Å². The Morgan fingerprint density at radius 2 is 1.20 bits per heavy atom. The van der Waals surface area contributed by atoms with Gasteiger partial charge in [0.25, 0.3) is 0 Å². The largest absolute Gasteiger partial charge is 0.304 e. The number of hydrogen-bond donors (Lipinski definition) is 0. The first-order valence-electron chi connectivity index (χ1n) is 19.2. The van der Waals surface area contributed by atoms with Gasteiger partial charge in [-0.3, -0.25) is 0 Å². The predicted octanol–water partition coefficient (Wildman–Crippen LogP) is 13.5. The summed E-state index contributed by atoms with van der Waals surface area (Å²) in [6.45, 7) is 22.6. The van der Waals surface area contributed by atoms with E-state index in [-0.39, 0.29) is 41.8 Å². The van der Waals surface area contributed by atoms with E-state index in [1.54, 1.807) is 0 Å². The zero-order valence-corrected chi connectivity index (χ0v) is 36.2. The second-order valence-electron chi connectivity index (χ2n) is 18.2. The molecule has 2 aliphatic rings. The van der Waals surface area contributed by atoms with E-state index in [9.17, 15) is 0 Å². The first-order chi connectivity index (χ1) is 25.6. The fraction of sp³-hybridized carbons (Fsp3) is 0.269. The van der Waals surface area contributed by atoms with Crippen molar-refractivity contribution in [2.24, 2.45) is 0 Å². The van der Waals surface area contributed by atoms with Crippen molar-refractivity contribution in [2.45, 2.75) is 90.9 Å². The van der Waals surface area contributed by atoms with Crippen LogP contribution in [0.25, 0.3) is 55.5 Å². The summed E-state index contributed by atoms with van der Waals surface area (Å²) in [5.41, 5.74) is 17.6. The van der Waals surface area contributed by atoms with Gasteiger partial charge in [0.05, 0.1) is 0 Å². The second-order valence-corrected chi connectivity index (χ2v) is 18.2. The van der Waals surface area contributed by atoms with Crippen LogP contribution in [-0.4, -0.2) is 9.97 Å². The molecule has 0 saturated carbocycles. The van der Waals surface area contributed by atoms with Crippen LogP contribution in [0, 0.1) is 12.1 Å². The van der Waals surface area contributed by atoms with Gasteiger partial charge >= 0.3 is 0 Å². The SMILES string of the molecule is CC(C)(C)c1c[c-]c(-c2ccc(C(C)(C)C)cn2)cc1.CC1(C)c2c[c-]c(-c3nccc4c3C(C)(C)c3c-4ccc4ccccc34)cc2-c2ccccc21.[Ir]. The molecule has 3 heteroatoms. The van der Waals surface area contributed by atoms with Crippen molar-refractivity contribution in [3.05, 3.63) is 167 Å². The standard InChI is InChI=1S/C33H26N.C19H24N.Ir/c1-32(2)27-12-8-7-11-23(27)26-19-21(14-16-28(26)32)31-30-25(17-18-34-31)24-15-13-20-9-5-6-10-22(20)29(24)33(30,3)4;1-18(2,3)15-9-7-14(8-10-15)17-12-11-16(13-20-17)19(4,5)6;/h5-13,15-19H,1-4H3;7,9-13H,1-6H3;/q2*-1;. The Morgan fingerprint density at radius 1 is 0.527 bits per heavy atom. The summed E-state index contributed by atoms with van der Waals surface area (Å²) in [5, 5.41) is 2.63. The van der Waals surface area contributed by atoms with Gasteiger partial charge in [0.1, 0.15) is 0 Å². The molecule has 55 heavy (non-hydrogen) atoms. The van der Waals surface area contributed by atoms with Crippen LogP contribution in [0.5, 0.6) is 0 Å². The summed E-state index contributed by atoms with van der Waals surface area (Å²) >= 11 is 0. The van der Waals surface area contributed by atoms with Crippen molar-refractivity contribution in [3.63, 3.8) is 0 Å². The van der Waals surface area contributed by atoms with Gasteiger partial charge in [-0.05, 0) is 83.4 Å². The molecule has 2 heterocycles. The molecule has 2 aliphatic carbocycles. The van der Waals surface area contributed by atoms with E-state index in [4.69, 9.17) is 4.98 Å². The third kappa shape index (κ3) is 6.60. The Labute approximate surface area is 341 Å². The second kappa shape index (κ2) is 13.8. The van der Waals surface area contributed by atoms with E-state index in [0.29, 0.717) is 0 Å². The van der Waals surface area contributed by atoms with Crippen molar-refractivity contribution >= 4 is 10.8 Å². The minimum atomic E-state index is -0.154. The first-order valence-corrected chi connectivity index (χ1v) is 19.2. The van der Waals surface area contributed by atoms with Crippen LogP contribution in [0.4, 0.5) is 0 Å². The molecule has 0 aliphatic heterocycles. The molecule has 0 unspecified atom stereocenters. The Hall–Kier alpha value is -4.69. The molecule has 7 aromatic rings. The maximum Gasteiger partial charge on any atom is 0.0198 e. The van der Waals surface area contributed by atoms with Crippen LogP contribution in [0.15, 0.2) is 122 Å². The summed E-state index contributed by atoms with van der Waals surface area (Å²) in [7, 11) is 0. The number of nitrogens with zero attached hydrogens (tertiary/aromatic N) is 2. The van der Waals surface area contributed by atoms with Crippen molar-refractivity contribution in [3.8, 4) is 44.8 Å². The van der Waals surface area contributed by atoms with E-state index >= 15 is 0 Å². The number of aromatic nitrogens is 2. The van der Waals surface area contributed by atoms with Crippen LogP contribution in [-0.2, 0) is 41.8 Å². The molecular formula is C52H50IrN2-2. The van der Waals surface area contributed by atoms with Gasteiger partial charge in [-0.1, -0.05) is 148 Å². The number of rotatable bonds is 2. The topological polar surface area (TPSA) is 25.8 Å². The number of fused-ring (bicyclic) bond motifs is 8. The third-order valence-electron chi connectivity index (χ3n) is 11.8. The predicted molar refractivity (Wildman–Crippen MR) is 227 cm³/mol. The molecular weight excluding hydrogens is 845 g/mol. The fourth-order valence-electron chi connectivity index (χ4n) is 8.64. The maximum atomic E-state index is 4.97. The molecule has 0 amide bonds. The van der Waals surface area contributed by atoms with Crippen LogP contribution in [0.1, 0.15) is 103 Å². The van der Waals surface area contributed by atoms with Gasteiger partial charge in [-0.15, -0.1) is 64.7 Å². The van der Waals surface area contributed by atoms with E-state index in [1.807, 2.05) is 12.4 Å². The van der Waals surface area contributed by atoms with E-state index in [1.165, 1.54) is 66.4 Å². The van der Waals surface area contributed by atoms with Crippen LogP contribution >= 0.6 is 0 Å². The Kier molecular flexibility index (Phi) is 9.68. The first kappa shape index (κ1) is 38.6. The van der Waals surface area contributed by atoms with Crippen molar-refractivity contribution in [1.82, 2.24) is 9.97 Å². The molecule has 5 aromatic carbocycles. The van der Waals surface area contributed by atoms with Crippen LogP contribution in [0.3, 0.4) is 0 Å². The zero-order valence-electron chi connectivity index (χ0n) is 33.8. The van der Waals surface area contributed by atoms with E-state index in [0.717, 1.165) is 22.5 Å². The molecule has 0 N–H and O–H groups in total. The number of hydrogen-bond acceptors (Lipinski definition) is 2. The normalized spacial score (nSPS) is 14.5. The molecule has 1 radical (unpaired) electrons. The Bertz CT molecular complexity index is 2490. The Morgan fingerprint density at radius 3 is 1.89 bits per heavy atom. The summed E-state index contributed by atoms with van der Waals surface area (Å²) < 4.78 is 0. The van der Waals surface area contributed by atoms with Gasteiger partial charge in [0, 0.05) is 37.9 Å². The molecule has 0 fully saturated rings. The van der Waals surface area contributed by atoms with Crippen molar-refractivity contribution in [2.75, 3.05) is 0 Å². The maximum absolute atomic E-state index is 4.97. The average Bonchev–Trinajstić information content (AvgIpc) is 3.54. The monoisotopic (exact) mass is 895 g/mol. The van der Waals surface area contributed by atoms with Gasteiger partial charge in [0.2, 0.25) is 0 Å². The third-order valence-corrected chi connectivity index (χ3v) is 11.8. The minimum absolute atomic E-state index is 0. The van der Waals surface area contributed by atoms with Crippen LogP contribution < -0.4 is 0 Å².